The summed E-state index contributed by atoms with van der Waals surface area (Å²) in [7, 11) is 0. The van der Waals surface area contributed by atoms with Crippen molar-refractivity contribution in [2.75, 3.05) is 9.80 Å². The molecule has 0 saturated heterocycles. The lowest BCUT2D eigenvalue weighted by molar-refractivity contribution is 0.591. The van der Waals surface area contributed by atoms with Crippen molar-refractivity contribution in [3.05, 3.63) is 216 Å². The second-order valence-electron chi connectivity index (χ2n) is 18.0. The lowest BCUT2D eigenvalue weighted by atomic mass is 9.83. The zero-order valence-corrected chi connectivity index (χ0v) is 35.5. The highest BCUT2D eigenvalue weighted by Crippen LogP contribution is 2.53. The molecule has 10 aromatic rings. The van der Waals surface area contributed by atoms with Gasteiger partial charge >= 0.3 is 0 Å². The molecule has 294 valence electrons. The summed E-state index contributed by atoms with van der Waals surface area (Å²) in [6.07, 6.45) is 0.746. The molecule has 0 spiro atoms. The number of rotatable bonds is 4. The third-order valence-corrected chi connectivity index (χ3v) is 12.9. The Morgan fingerprint density at radius 1 is 0.377 bits per heavy atom. The summed E-state index contributed by atoms with van der Waals surface area (Å²) in [6, 6.07) is 70.9. The molecule has 0 atom stereocenters. The fraction of sp³-hybridized carbons (Fsp3) is 0.119. The first kappa shape index (κ1) is 36.9. The normalized spacial score (nSPS) is 12.9. The fourth-order valence-corrected chi connectivity index (χ4v) is 9.55. The van der Waals surface area contributed by atoms with E-state index in [1.54, 1.807) is 0 Å². The van der Waals surface area contributed by atoms with E-state index >= 15 is 0 Å². The van der Waals surface area contributed by atoms with Crippen molar-refractivity contribution in [3.63, 3.8) is 0 Å². The van der Waals surface area contributed by atoms with Crippen LogP contribution in [-0.2, 0) is 11.8 Å². The second-order valence-corrected chi connectivity index (χ2v) is 18.0. The molecular formula is C59H48N2. The van der Waals surface area contributed by atoms with E-state index in [9.17, 15) is 0 Å². The zero-order chi connectivity index (χ0) is 41.4. The van der Waals surface area contributed by atoms with Gasteiger partial charge in [-0.15, -0.1) is 0 Å². The molecule has 2 heteroatoms. The van der Waals surface area contributed by atoms with Gasteiger partial charge in [0, 0.05) is 34.0 Å². The molecule has 1 heterocycles. The van der Waals surface area contributed by atoms with Crippen LogP contribution in [0, 0.1) is 13.8 Å². The van der Waals surface area contributed by atoms with Gasteiger partial charge in [-0.25, -0.2) is 0 Å². The van der Waals surface area contributed by atoms with Gasteiger partial charge < -0.3 is 9.80 Å². The van der Waals surface area contributed by atoms with Crippen molar-refractivity contribution in [1.29, 1.82) is 0 Å². The summed E-state index contributed by atoms with van der Waals surface area (Å²) in [6.45, 7) is 11.3. The molecule has 61 heavy (non-hydrogen) atoms. The van der Waals surface area contributed by atoms with Gasteiger partial charge in [-0.2, -0.15) is 0 Å². The molecule has 10 aromatic carbocycles. The van der Waals surface area contributed by atoms with E-state index in [1.807, 2.05) is 0 Å². The monoisotopic (exact) mass is 784 g/mol. The van der Waals surface area contributed by atoms with Crippen LogP contribution in [0.15, 0.2) is 188 Å². The molecule has 1 aliphatic heterocycles. The van der Waals surface area contributed by atoms with Crippen LogP contribution in [-0.4, -0.2) is 0 Å². The highest BCUT2D eigenvalue weighted by Gasteiger charge is 2.29. The van der Waals surface area contributed by atoms with E-state index in [-0.39, 0.29) is 5.41 Å². The summed E-state index contributed by atoms with van der Waals surface area (Å²) in [5, 5.41) is 7.62. The second kappa shape index (κ2) is 14.2. The first-order chi connectivity index (χ1) is 29.7. The predicted octanol–water partition coefficient (Wildman–Crippen LogP) is 16.7. The minimum absolute atomic E-state index is 0.0176. The summed E-state index contributed by atoms with van der Waals surface area (Å²) < 4.78 is 0. The molecule has 0 radical (unpaired) electrons. The van der Waals surface area contributed by atoms with E-state index in [4.69, 9.17) is 0 Å². The molecule has 2 bridgehead atoms. The van der Waals surface area contributed by atoms with Gasteiger partial charge in [0.2, 0.25) is 0 Å². The maximum atomic E-state index is 2.54. The number of aryl methyl sites for hydroxylation is 2. The molecule has 0 aromatic heterocycles. The average molecular weight is 785 g/mol. The quantitative estimate of drug-likeness (QED) is 0.164. The minimum atomic E-state index is 0.0176. The number of benzene rings is 10. The summed E-state index contributed by atoms with van der Waals surface area (Å²) in [5.41, 5.74) is 18.2. The van der Waals surface area contributed by atoms with Crippen molar-refractivity contribution in [2.24, 2.45) is 0 Å². The Labute approximate surface area is 359 Å². The lowest BCUT2D eigenvalue weighted by Crippen LogP contribution is -2.18. The summed E-state index contributed by atoms with van der Waals surface area (Å²) >= 11 is 0. The number of anilines is 6. The van der Waals surface area contributed by atoms with Crippen molar-refractivity contribution in [3.8, 4) is 22.3 Å². The Bertz CT molecular complexity index is 3040. The third-order valence-electron chi connectivity index (χ3n) is 12.9. The number of hydrogen-bond donors (Lipinski definition) is 0. The molecule has 0 aliphatic carbocycles. The van der Waals surface area contributed by atoms with Crippen LogP contribution in [0.4, 0.5) is 34.1 Å². The number of para-hydroxylation sites is 2. The van der Waals surface area contributed by atoms with Gasteiger partial charge in [-0.05, 0) is 117 Å². The SMILES string of the molecule is Cc1ccc(-c2ccc3c(c2)N(c2ccccc2)c2cc(c4ccc5cc(C(C)(C)C)cc6ccc2c4c65)N(c2ccccc2)c2cc(-c4ccc(C)cc4)ccc2C3)cc1. The van der Waals surface area contributed by atoms with Crippen LogP contribution in [0.25, 0.3) is 54.6 Å². The summed E-state index contributed by atoms with van der Waals surface area (Å²) in [4.78, 5) is 5.08. The van der Waals surface area contributed by atoms with E-state index < -0.39 is 0 Å². The van der Waals surface area contributed by atoms with Gasteiger partial charge in [-0.1, -0.05) is 177 Å². The standard InChI is InChI=1S/C59H48N2/c1-38-16-20-40(21-17-38)42-24-26-44-32-45-27-25-43(41-22-18-39(2)19-23-41)36-54(45)61(50-14-10-7-11-15-50)56-37-55(60(53(44)35-42)49-12-8-6-9-13-49)51-30-28-46-33-48(59(3,4)5)34-47-29-31-52(56)58(51)57(46)47/h6-31,33-37H,32H2,1-5H3. The van der Waals surface area contributed by atoms with E-state index in [0.29, 0.717) is 0 Å². The largest absolute Gasteiger partial charge is 0.309 e. The lowest BCUT2D eigenvalue weighted by Gasteiger charge is -2.36. The highest BCUT2D eigenvalue weighted by atomic mass is 15.2. The number of nitrogens with zero attached hydrogens (tertiary/aromatic N) is 2. The molecule has 0 N–H and O–H groups in total. The molecule has 1 aliphatic rings. The molecule has 0 amide bonds. The van der Waals surface area contributed by atoms with Gasteiger partial charge in [0.15, 0.2) is 0 Å². The molecular weight excluding hydrogens is 737 g/mol. The van der Waals surface area contributed by atoms with Crippen molar-refractivity contribution < 1.29 is 0 Å². The van der Waals surface area contributed by atoms with Crippen LogP contribution < -0.4 is 9.80 Å². The van der Waals surface area contributed by atoms with Crippen molar-refractivity contribution in [2.45, 2.75) is 46.5 Å². The van der Waals surface area contributed by atoms with Crippen LogP contribution in [0.1, 0.15) is 48.6 Å². The Morgan fingerprint density at radius 3 is 1.23 bits per heavy atom. The fourth-order valence-electron chi connectivity index (χ4n) is 9.55. The Balaban J connectivity index is 1.31. The summed E-state index contributed by atoms with van der Waals surface area (Å²) in [5.74, 6) is 0. The van der Waals surface area contributed by atoms with Crippen LogP contribution in [0.3, 0.4) is 0 Å². The first-order valence-electron chi connectivity index (χ1n) is 21.5. The average Bonchev–Trinajstić information content (AvgIpc) is 3.28. The molecule has 11 rings (SSSR count). The Hall–Kier alpha value is -7.16. The molecule has 0 fully saturated rings. The Kier molecular flexibility index (Phi) is 8.61. The maximum absolute atomic E-state index is 2.54. The van der Waals surface area contributed by atoms with Gasteiger partial charge in [0.25, 0.3) is 0 Å². The van der Waals surface area contributed by atoms with Gasteiger partial charge in [-0.3, -0.25) is 0 Å². The zero-order valence-electron chi connectivity index (χ0n) is 35.5. The third kappa shape index (κ3) is 6.33. The molecule has 0 saturated carbocycles. The minimum Gasteiger partial charge on any atom is -0.309 e. The van der Waals surface area contributed by atoms with E-state index in [1.165, 1.54) is 93.8 Å². The van der Waals surface area contributed by atoms with E-state index in [2.05, 4.69) is 232 Å². The molecule has 2 nitrogen and oxygen atoms in total. The van der Waals surface area contributed by atoms with Gasteiger partial charge in [0.1, 0.15) is 0 Å². The highest BCUT2D eigenvalue weighted by molar-refractivity contribution is 6.29. The van der Waals surface area contributed by atoms with Crippen LogP contribution >= 0.6 is 0 Å². The van der Waals surface area contributed by atoms with Crippen LogP contribution in [0.2, 0.25) is 0 Å². The van der Waals surface area contributed by atoms with Crippen molar-refractivity contribution in [1.82, 2.24) is 0 Å². The maximum Gasteiger partial charge on any atom is 0.0561 e. The van der Waals surface area contributed by atoms with Crippen LogP contribution in [0.5, 0.6) is 0 Å². The topological polar surface area (TPSA) is 6.48 Å². The molecule has 0 unspecified atom stereocenters. The van der Waals surface area contributed by atoms with Gasteiger partial charge in [0.05, 0.1) is 22.7 Å². The number of fused-ring (bicyclic) bond motifs is 6. The first-order valence-corrected chi connectivity index (χ1v) is 21.5. The number of hydrogen-bond acceptors (Lipinski definition) is 2. The van der Waals surface area contributed by atoms with Crippen molar-refractivity contribution >= 4 is 66.4 Å². The Morgan fingerprint density at radius 2 is 0.803 bits per heavy atom. The smallest absolute Gasteiger partial charge is 0.0561 e. The van der Waals surface area contributed by atoms with E-state index in [0.717, 1.165) is 29.2 Å². The predicted molar refractivity (Wildman–Crippen MR) is 261 cm³/mol.